The van der Waals surface area contributed by atoms with Crippen LogP contribution in [0.5, 0.6) is 17.2 Å². The van der Waals surface area contributed by atoms with E-state index in [1.165, 1.54) is 11.8 Å². The number of carbonyl (C=O) groups excluding carboxylic acids is 2. The van der Waals surface area contributed by atoms with Crippen LogP contribution in [0.25, 0.3) is 10.9 Å². The lowest BCUT2D eigenvalue weighted by Crippen LogP contribution is -2.33. The zero-order valence-corrected chi connectivity index (χ0v) is 24.0. The molecule has 0 saturated carbocycles. The van der Waals surface area contributed by atoms with E-state index in [1.54, 1.807) is 23.8 Å². The number of methoxy groups -OCH3 is 1. The number of thioether (sulfide) groups is 1. The number of hydrogen-bond donors (Lipinski definition) is 2. The molecule has 214 valence electrons. The number of rotatable bonds is 14. The molecule has 1 aliphatic rings. The van der Waals surface area contributed by atoms with E-state index < -0.39 is 0 Å². The minimum Gasteiger partial charge on any atom is -0.497 e. The molecule has 10 nitrogen and oxygen atoms in total. The molecule has 0 saturated heterocycles. The largest absolute Gasteiger partial charge is 0.497 e. The van der Waals surface area contributed by atoms with Crippen LogP contribution in [0, 0.1) is 0 Å². The van der Waals surface area contributed by atoms with E-state index in [9.17, 15) is 14.4 Å². The van der Waals surface area contributed by atoms with Gasteiger partial charge in [-0.05, 0) is 49.9 Å². The molecule has 2 N–H and O–H groups in total. The smallest absolute Gasteiger partial charge is 0.262 e. The number of ether oxygens (including phenoxy) is 3. The first-order valence-corrected chi connectivity index (χ1v) is 14.5. The molecule has 1 aromatic heterocycles. The molecule has 0 radical (unpaired) electrons. The fourth-order valence-corrected chi connectivity index (χ4v) is 5.05. The third kappa shape index (κ3) is 7.68. The standard InChI is InChI=1S/C29H36N4O6S/c1-4-19(2)31-27(35)17-40-29-32-23-15-25-24(38-18-39-25)14-22(23)28(36)33(29)13-7-5-6-8-26(34)30-16-20-9-11-21(37-3)12-10-20/h9-12,14-15,19H,4-8,13,16-18H2,1-3H3,(H,30,34)(H,31,35)/t19-/m0/s1. The van der Waals surface area contributed by atoms with Crippen molar-refractivity contribution in [2.45, 2.75) is 70.2 Å². The molecule has 0 fully saturated rings. The summed E-state index contributed by atoms with van der Waals surface area (Å²) in [6, 6.07) is 11.0. The van der Waals surface area contributed by atoms with Crippen molar-refractivity contribution in [2.24, 2.45) is 0 Å². The van der Waals surface area contributed by atoms with E-state index >= 15 is 0 Å². The van der Waals surface area contributed by atoms with Gasteiger partial charge in [0.25, 0.3) is 5.56 Å². The quantitative estimate of drug-likeness (QED) is 0.170. The van der Waals surface area contributed by atoms with Crippen LogP contribution in [0.3, 0.4) is 0 Å². The summed E-state index contributed by atoms with van der Waals surface area (Å²) in [5.41, 5.74) is 1.32. The van der Waals surface area contributed by atoms with Crippen LogP contribution in [0.1, 0.15) is 51.5 Å². The summed E-state index contributed by atoms with van der Waals surface area (Å²) in [6.45, 7) is 4.96. The number of unbranched alkanes of at least 4 members (excludes halogenated alkanes) is 2. The molecule has 0 spiro atoms. The average molecular weight is 569 g/mol. The van der Waals surface area contributed by atoms with Crippen molar-refractivity contribution < 1.29 is 23.8 Å². The van der Waals surface area contributed by atoms with Crippen LogP contribution >= 0.6 is 11.8 Å². The third-order valence-electron chi connectivity index (χ3n) is 6.70. The first kappa shape index (κ1) is 29.3. The van der Waals surface area contributed by atoms with E-state index in [4.69, 9.17) is 19.2 Å². The summed E-state index contributed by atoms with van der Waals surface area (Å²) >= 11 is 1.24. The predicted molar refractivity (Wildman–Crippen MR) is 154 cm³/mol. The zero-order chi connectivity index (χ0) is 28.5. The van der Waals surface area contributed by atoms with Crippen molar-refractivity contribution in [1.82, 2.24) is 20.2 Å². The molecule has 11 heteroatoms. The molecule has 4 rings (SSSR count). The number of hydrogen-bond acceptors (Lipinski definition) is 8. The normalized spacial score (nSPS) is 12.8. The Bertz CT molecular complexity index is 1390. The first-order chi connectivity index (χ1) is 19.4. The van der Waals surface area contributed by atoms with Gasteiger partial charge in [-0.15, -0.1) is 0 Å². The van der Waals surface area contributed by atoms with Crippen LogP contribution in [-0.2, 0) is 22.7 Å². The molecule has 1 atom stereocenters. The third-order valence-corrected chi connectivity index (χ3v) is 7.68. The molecule has 0 aliphatic carbocycles. The topological polar surface area (TPSA) is 121 Å². The monoisotopic (exact) mass is 568 g/mol. The van der Waals surface area contributed by atoms with Crippen molar-refractivity contribution in [1.29, 1.82) is 0 Å². The van der Waals surface area contributed by atoms with E-state index in [2.05, 4.69) is 10.6 Å². The highest BCUT2D eigenvalue weighted by atomic mass is 32.2. The lowest BCUT2D eigenvalue weighted by Gasteiger charge is -2.15. The molecule has 0 bridgehead atoms. The highest BCUT2D eigenvalue weighted by Crippen LogP contribution is 2.35. The summed E-state index contributed by atoms with van der Waals surface area (Å²) < 4.78 is 17.7. The van der Waals surface area contributed by atoms with Gasteiger partial charge in [-0.25, -0.2) is 4.98 Å². The minimum atomic E-state index is -0.189. The van der Waals surface area contributed by atoms with Gasteiger partial charge < -0.3 is 24.8 Å². The van der Waals surface area contributed by atoms with Crippen molar-refractivity contribution >= 4 is 34.5 Å². The van der Waals surface area contributed by atoms with Crippen molar-refractivity contribution in [3.8, 4) is 17.2 Å². The van der Waals surface area contributed by atoms with Crippen LogP contribution in [0.15, 0.2) is 46.3 Å². The molecule has 40 heavy (non-hydrogen) atoms. The zero-order valence-electron chi connectivity index (χ0n) is 23.2. The Morgan fingerprint density at radius 1 is 1.10 bits per heavy atom. The summed E-state index contributed by atoms with van der Waals surface area (Å²) in [7, 11) is 1.62. The Hall–Kier alpha value is -3.73. The highest BCUT2D eigenvalue weighted by molar-refractivity contribution is 7.99. The molecule has 2 heterocycles. The van der Waals surface area contributed by atoms with Crippen molar-refractivity contribution in [3.63, 3.8) is 0 Å². The molecular weight excluding hydrogens is 532 g/mol. The number of amides is 2. The second-order valence-corrected chi connectivity index (χ2v) is 10.6. The second-order valence-electron chi connectivity index (χ2n) is 9.67. The van der Waals surface area contributed by atoms with Crippen LogP contribution < -0.4 is 30.4 Å². The van der Waals surface area contributed by atoms with Gasteiger partial charge in [-0.3, -0.25) is 19.0 Å². The number of aromatic nitrogens is 2. The van der Waals surface area contributed by atoms with E-state index in [-0.39, 0.29) is 36.0 Å². The molecular formula is C29H36N4O6S. The Balaban J connectivity index is 1.35. The Kier molecular flexibility index (Phi) is 10.3. The lowest BCUT2D eigenvalue weighted by atomic mass is 10.1. The van der Waals surface area contributed by atoms with Gasteiger partial charge in [0.15, 0.2) is 16.7 Å². The summed E-state index contributed by atoms with van der Waals surface area (Å²) in [5.74, 6) is 1.88. The SMILES string of the molecule is CC[C@H](C)NC(=O)CSc1nc2cc3c(cc2c(=O)n1CCCCCC(=O)NCc1ccc(OC)cc1)OCO3. The maximum Gasteiger partial charge on any atom is 0.262 e. The fraction of sp³-hybridized carbons (Fsp3) is 0.448. The van der Waals surface area contributed by atoms with Crippen molar-refractivity contribution in [3.05, 3.63) is 52.3 Å². The highest BCUT2D eigenvalue weighted by Gasteiger charge is 2.20. The van der Waals surface area contributed by atoms with E-state index in [0.717, 1.165) is 24.2 Å². The number of fused-ring (bicyclic) bond motifs is 2. The van der Waals surface area contributed by atoms with E-state index in [0.29, 0.717) is 59.9 Å². The Morgan fingerprint density at radius 2 is 1.85 bits per heavy atom. The van der Waals surface area contributed by atoms with Crippen LogP contribution in [-0.4, -0.2) is 47.1 Å². The molecule has 2 aromatic carbocycles. The molecule has 0 unspecified atom stereocenters. The van der Waals surface area contributed by atoms with Gasteiger partial charge in [0.2, 0.25) is 18.6 Å². The van der Waals surface area contributed by atoms with Crippen molar-refractivity contribution in [2.75, 3.05) is 19.7 Å². The number of nitrogens with zero attached hydrogens (tertiary/aromatic N) is 2. The molecule has 2 amide bonds. The fourth-order valence-electron chi connectivity index (χ4n) is 4.21. The lowest BCUT2D eigenvalue weighted by molar-refractivity contribution is -0.121. The second kappa shape index (κ2) is 14.1. The van der Waals surface area contributed by atoms with E-state index in [1.807, 2.05) is 38.1 Å². The Morgan fingerprint density at radius 3 is 2.58 bits per heavy atom. The van der Waals surface area contributed by atoms with Gasteiger partial charge in [0, 0.05) is 31.6 Å². The number of benzene rings is 2. The van der Waals surface area contributed by atoms with Gasteiger partial charge in [0.05, 0.1) is 23.8 Å². The number of nitrogens with one attached hydrogen (secondary N) is 2. The summed E-state index contributed by atoms with van der Waals surface area (Å²) in [4.78, 5) is 42.9. The predicted octanol–water partition coefficient (Wildman–Crippen LogP) is 4.02. The van der Waals surface area contributed by atoms with Crippen LogP contribution in [0.2, 0.25) is 0 Å². The summed E-state index contributed by atoms with van der Waals surface area (Å²) in [6.07, 6.45) is 3.39. The maximum atomic E-state index is 13.5. The van der Waals surface area contributed by atoms with Gasteiger partial charge >= 0.3 is 0 Å². The summed E-state index contributed by atoms with van der Waals surface area (Å²) in [5, 5.41) is 6.81. The Labute approximate surface area is 237 Å². The molecule has 1 aliphatic heterocycles. The average Bonchev–Trinajstić information content (AvgIpc) is 3.42. The number of carbonyl (C=O) groups is 2. The van der Waals surface area contributed by atoms with Gasteiger partial charge in [0.1, 0.15) is 5.75 Å². The minimum absolute atomic E-state index is 0.0139. The van der Waals surface area contributed by atoms with Crippen LogP contribution in [0.4, 0.5) is 0 Å². The van der Waals surface area contributed by atoms with Gasteiger partial charge in [-0.1, -0.05) is 37.2 Å². The molecule has 3 aromatic rings. The van der Waals surface area contributed by atoms with Gasteiger partial charge in [-0.2, -0.15) is 0 Å². The first-order valence-electron chi connectivity index (χ1n) is 13.5. The maximum absolute atomic E-state index is 13.5.